The lowest BCUT2D eigenvalue weighted by atomic mass is 10.0. The molecule has 0 aliphatic carbocycles. The van der Waals surface area contributed by atoms with Crippen molar-refractivity contribution in [3.8, 4) is 22.4 Å². The van der Waals surface area contributed by atoms with Crippen molar-refractivity contribution in [1.82, 2.24) is 19.5 Å². The van der Waals surface area contributed by atoms with Gasteiger partial charge in [0.1, 0.15) is 11.5 Å². The van der Waals surface area contributed by atoms with Gasteiger partial charge in [-0.2, -0.15) is 5.10 Å². The van der Waals surface area contributed by atoms with E-state index in [2.05, 4.69) is 22.0 Å². The number of hydrogen-bond donors (Lipinski definition) is 0. The number of fused-ring (bicyclic) bond motifs is 1. The van der Waals surface area contributed by atoms with E-state index in [1.54, 1.807) is 24.5 Å². The molecule has 0 aliphatic rings. The van der Waals surface area contributed by atoms with Crippen LogP contribution in [0.25, 0.3) is 27.9 Å². The zero-order chi connectivity index (χ0) is 18.1. The van der Waals surface area contributed by atoms with Crippen LogP contribution in [0, 0.1) is 5.82 Å². The highest BCUT2D eigenvalue weighted by Crippen LogP contribution is 2.35. The van der Waals surface area contributed by atoms with Gasteiger partial charge in [0.15, 0.2) is 0 Å². The first-order valence-corrected chi connectivity index (χ1v) is 8.44. The fraction of sp³-hybridized carbons (Fsp3) is 0.143. The molecular weight excluding hydrogens is 327 g/mol. The zero-order valence-corrected chi connectivity index (χ0v) is 14.7. The predicted molar refractivity (Wildman–Crippen MR) is 101 cm³/mol. The van der Waals surface area contributed by atoms with Gasteiger partial charge in [0.05, 0.1) is 5.52 Å². The first-order chi connectivity index (χ1) is 12.6. The van der Waals surface area contributed by atoms with Gasteiger partial charge in [-0.05, 0) is 67.7 Å². The van der Waals surface area contributed by atoms with Crippen molar-refractivity contribution in [3.63, 3.8) is 0 Å². The van der Waals surface area contributed by atoms with E-state index in [0.29, 0.717) is 0 Å². The standard InChI is InChI=1S/C21H19FN4/c1-25(2)13-15-3-8-19-20(16-9-11-23-12-10-16)21(24-26(19)14-15)17-4-6-18(22)7-5-17/h3-12,14H,13H2,1-2H3. The first kappa shape index (κ1) is 16.4. The summed E-state index contributed by atoms with van der Waals surface area (Å²) in [7, 11) is 4.08. The van der Waals surface area contributed by atoms with Gasteiger partial charge in [-0.25, -0.2) is 8.91 Å². The summed E-state index contributed by atoms with van der Waals surface area (Å²) in [5.74, 6) is -0.253. The quantitative estimate of drug-likeness (QED) is 0.553. The summed E-state index contributed by atoms with van der Waals surface area (Å²) in [5, 5.41) is 4.81. The number of pyridine rings is 2. The van der Waals surface area contributed by atoms with Crippen molar-refractivity contribution in [2.45, 2.75) is 6.54 Å². The lowest BCUT2D eigenvalue weighted by Gasteiger charge is -2.09. The molecule has 4 nitrogen and oxygen atoms in total. The summed E-state index contributed by atoms with van der Waals surface area (Å²) in [4.78, 5) is 6.23. The van der Waals surface area contributed by atoms with Crippen LogP contribution in [0.2, 0.25) is 0 Å². The van der Waals surface area contributed by atoms with E-state index in [4.69, 9.17) is 5.10 Å². The van der Waals surface area contributed by atoms with E-state index in [0.717, 1.165) is 34.4 Å². The predicted octanol–water partition coefficient (Wildman–Crippen LogP) is 4.26. The van der Waals surface area contributed by atoms with E-state index < -0.39 is 0 Å². The number of nitrogens with zero attached hydrogens (tertiary/aromatic N) is 4. The van der Waals surface area contributed by atoms with Crippen LogP contribution in [0.1, 0.15) is 5.56 Å². The number of rotatable bonds is 4. The molecule has 0 unspecified atom stereocenters. The van der Waals surface area contributed by atoms with Crippen LogP contribution in [0.15, 0.2) is 67.1 Å². The topological polar surface area (TPSA) is 33.4 Å². The van der Waals surface area contributed by atoms with Crippen LogP contribution in [0.3, 0.4) is 0 Å². The van der Waals surface area contributed by atoms with Crippen LogP contribution in [-0.2, 0) is 6.54 Å². The average molecular weight is 346 g/mol. The normalized spacial score (nSPS) is 11.4. The van der Waals surface area contributed by atoms with E-state index in [9.17, 15) is 4.39 Å². The maximum absolute atomic E-state index is 13.4. The second kappa shape index (κ2) is 6.69. The third kappa shape index (κ3) is 3.09. The number of hydrogen-bond acceptors (Lipinski definition) is 3. The summed E-state index contributed by atoms with van der Waals surface area (Å²) in [6, 6.07) is 14.6. The SMILES string of the molecule is CN(C)Cc1ccc2c(-c3ccncc3)c(-c3ccc(F)cc3)nn2c1. The Hall–Kier alpha value is -3.05. The summed E-state index contributed by atoms with van der Waals surface area (Å²) in [6.45, 7) is 0.840. The van der Waals surface area contributed by atoms with Gasteiger partial charge in [-0.15, -0.1) is 0 Å². The Morgan fingerprint density at radius 3 is 2.35 bits per heavy atom. The maximum atomic E-state index is 13.4. The minimum atomic E-state index is -0.253. The molecule has 0 spiro atoms. The lowest BCUT2D eigenvalue weighted by molar-refractivity contribution is 0.401. The summed E-state index contributed by atoms with van der Waals surface area (Å²) in [5.41, 5.74) is 5.97. The third-order valence-electron chi connectivity index (χ3n) is 4.28. The Kier molecular flexibility index (Phi) is 4.22. The molecule has 0 saturated carbocycles. The van der Waals surface area contributed by atoms with Gasteiger partial charge < -0.3 is 4.90 Å². The molecule has 0 aliphatic heterocycles. The summed E-state index contributed by atoms with van der Waals surface area (Å²) in [6.07, 6.45) is 5.59. The minimum absolute atomic E-state index is 0.253. The van der Waals surface area contributed by atoms with Crippen molar-refractivity contribution < 1.29 is 4.39 Å². The fourth-order valence-corrected chi connectivity index (χ4v) is 3.16. The highest BCUT2D eigenvalue weighted by atomic mass is 19.1. The Bertz CT molecular complexity index is 1040. The largest absolute Gasteiger partial charge is 0.305 e. The molecule has 0 N–H and O–H groups in total. The molecule has 4 rings (SSSR count). The maximum Gasteiger partial charge on any atom is 0.123 e. The number of halogens is 1. The average Bonchev–Trinajstić information content (AvgIpc) is 3.01. The summed E-state index contributed by atoms with van der Waals surface area (Å²) < 4.78 is 15.3. The van der Waals surface area contributed by atoms with Crippen molar-refractivity contribution in [2.75, 3.05) is 14.1 Å². The van der Waals surface area contributed by atoms with Gasteiger partial charge in [0.25, 0.3) is 0 Å². The van der Waals surface area contributed by atoms with E-state index in [-0.39, 0.29) is 5.82 Å². The van der Waals surface area contributed by atoms with E-state index >= 15 is 0 Å². The molecule has 0 fully saturated rings. The molecule has 0 bridgehead atoms. The van der Waals surface area contributed by atoms with Crippen molar-refractivity contribution in [2.24, 2.45) is 0 Å². The van der Waals surface area contributed by atoms with Crippen LogP contribution in [0.5, 0.6) is 0 Å². The van der Waals surface area contributed by atoms with Crippen LogP contribution in [-0.4, -0.2) is 33.6 Å². The molecule has 0 amide bonds. The molecule has 3 aromatic heterocycles. The molecule has 5 heteroatoms. The van der Waals surface area contributed by atoms with Gasteiger partial charge in [0, 0.05) is 36.3 Å². The first-order valence-electron chi connectivity index (χ1n) is 8.44. The molecule has 0 atom stereocenters. The van der Waals surface area contributed by atoms with E-state index in [1.165, 1.54) is 17.7 Å². The Labute approximate surface area is 151 Å². The van der Waals surface area contributed by atoms with Crippen LogP contribution < -0.4 is 0 Å². The molecule has 3 heterocycles. The molecule has 0 radical (unpaired) electrons. The highest BCUT2D eigenvalue weighted by molar-refractivity contribution is 5.92. The van der Waals surface area contributed by atoms with Gasteiger partial charge >= 0.3 is 0 Å². The van der Waals surface area contributed by atoms with Gasteiger partial charge in [0.2, 0.25) is 0 Å². The second-order valence-electron chi connectivity index (χ2n) is 6.57. The molecule has 130 valence electrons. The third-order valence-corrected chi connectivity index (χ3v) is 4.28. The monoisotopic (exact) mass is 346 g/mol. The number of benzene rings is 1. The van der Waals surface area contributed by atoms with Crippen molar-refractivity contribution >= 4 is 5.52 Å². The number of aromatic nitrogens is 3. The Morgan fingerprint density at radius 1 is 0.923 bits per heavy atom. The van der Waals surface area contributed by atoms with Crippen LogP contribution in [0.4, 0.5) is 4.39 Å². The minimum Gasteiger partial charge on any atom is -0.305 e. The van der Waals surface area contributed by atoms with Gasteiger partial charge in [-0.1, -0.05) is 6.07 Å². The van der Waals surface area contributed by atoms with Crippen molar-refractivity contribution in [3.05, 3.63) is 78.5 Å². The van der Waals surface area contributed by atoms with Gasteiger partial charge in [-0.3, -0.25) is 4.98 Å². The van der Waals surface area contributed by atoms with Crippen molar-refractivity contribution in [1.29, 1.82) is 0 Å². The molecule has 0 saturated heterocycles. The lowest BCUT2D eigenvalue weighted by Crippen LogP contribution is -2.11. The fourth-order valence-electron chi connectivity index (χ4n) is 3.16. The molecule has 1 aromatic carbocycles. The smallest absolute Gasteiger partial charge is 0.123 e. The molecule has 4 aromatic rings. The second-order valence-corrected chi connectivity index (χ2v) is 6.57. The van der Waals surface area contributed by atoms with E-state index in [1.807, 2.05) is 36.9 Å². The Morgan fingerprint density at radius 2 is 1.65 bits per heavy atom. The summed E-state index contributed by atoms with van der Waals surface area (Å²) >= 11 is 0. The Balaban J connectivity index is 1.95. The highest BCUT2D eigenvalue weighted by Gasteiger charge is 2.16. The van der Waals surface area contributed by atoms with Crippen LogP contribution >= 0.6 is 0 Å². The molecular formula is C21H19FN4. The molecule has 26 heavy (non-hydrogen) atoms. The zero-order valence-electron chi connectivity index (χ0n) is 14.7.